The Kier molecular flexibility index (Phi) is 13.7. The van der Waals surface area contributed by atoms with E-state index >= 15 is 0 Å². The third kappa shape index (κ3) is 9.42. The molecule has 2 aromatic rings. The van der Waals surface area contributed by atoms with Crippen LogP contribution < -0.4 is 0 Å². The number of allylic oxidation sites excluding steroid dienone is 1. The number of fused-ring (bicyclic) bond motifs is 1. The highest BCUT2D eigenvalue weighted by Gasteiger charge is 2.48. The summed E-state index contributed by atoms with van der Waals surface area (Å²) in [7, 11) is 5.37. The number of benzene rings is 1. The van der Waals surface area contributed by atoms with Crippen molar-refractivity contribution in [2.24, 2.45) is 11.8 Å². The van der Waals surface area contributed by atoms with Crippen LogP contribution in [0.1, 0.15) is 80.2 Å². The first-order valence-electron chi connectivity index (χ1n) is 18.4. The van der Waals surface area contributed by atoms with E-state index in [1.165, 1.54) is 13.0 Å². The van der Waals surface area contributed by atoms with Gasteiger partial charge >= 0.3 is 5.97 Å². The number of likely N-dealkylation sites (N-methyl/N-ethyl adjacent to an activating group) is 1. The van der Waals surface area contributed by atoms with Gasteiger partial charge in [-0.3, -0.25) is 4.79 Å². The first-order valence-corrected chi connectivity index (χ1v) is 18.4. The summed E-state index contributed by atoms with van der Waals surface area (Å²) in [6.45, 7) is 14.2. The van der Waals surface area contributed by atoms with Gasteiger partial charge < -0.3 is 43.8 Å². The number of methoxy groups -OCH3 is 1. The predicted octanol–water partition coefficient (Wildman–Crippen LogP) is 5.95. The van der Waals surface area contributed by atoms with E-state index < -0.39 is 53.6 Å². The minimum atomic E-state index is -1.62. The fraction of sp³-hybridized carbons (Fsp3) is 0.610. The molecule has 2 aliphatic heterocycles. The predicted molar refractivity (Wildman–Crippen MR) is 201 cm³/mol. The Hall–Kier alpha value is -3.32. The van der Waals surface area contributed by atoms with Gasteiger partial charge in [-0.15, -0.1) is 0 Å². The molecule has 10 atom stereocenters. The van der Waals surface area contributed by atoms with Crippen LogP contribution in [0.4, 0.5) is 0 Å². The first-order chi connectivity index (χ1) is 24.4. The molecule has 2 aliphatic rings. The number of aromatic amines is 1. The second-order valence-corrected chi connectivity index (χ2v) is 15.3. The standard InChI is InChI=1S/C41H60N2O9/c1-12-33-40(7,47)22-24(2)34(44)25(3)23-41(8,48-11)37(52-39-35(45)32(43(9)10)20-26(4)50-39)27(5)36(28(6)38(46)51-33)49-19-13-14-29-15-16-31-30(21-29)17-18-42-31/h13-18,21-22,25-27,32-33,35,37,39,42,45,47H,12,19-20,23H2,1-11H3/b14-13+,24-22+,36-28+/t25-,26-,27+,32+,33-,35-,37-,39+,40+,41-/m1/s1. The molecule has 4 rings (SSSR count). The monoisotopic (exact) mass is 724 g/mol. The lowest BCUT2D eigenvalue weighted by Crippen LogP contribution is -2.58. The van der Waals surface area contributed by atoms with Crippen molar-refractivity contribution in [3.05, 3.63) is 65.1 Å². The number of nitrogens with one attached hydrogen (secondary N) is 1. The average Bonchev–Trinajstić information content (AvgIpc) is 3.57. The molecule has 1 fully saturated rings. The minimum absolute atomic E-state index is 0.111. The Morgan fingerprint density at radius 1 is 1.12 bits per heavy atom. The number of Topliss-reactive ketones (excluding diaryl/α,β-unsaturated/α-hetero) is 1. The van der Waals surface area contributed by atoms with Gasteiger partial charge in [-0.25, -0.2) is 4.79 Å². The number of aromatic nitrogens is 1. The zero-order chi connectivity index (χ0) is 38.5. The minimum Gasteiger partial charge on any atom is -0.493 e. The maximum absolute atomic E-state index is 14.0. The van der Waals surface area contributed by atoms with Gasteiger partial charge in [0, 0.05) is 36.7 Å². The van der Waals surface area contributed by atoms with Crippen LogP contribution in [-0.4, -0.2) is 108 Å². The van der Waals surface area contributed by atoms with Crippen LogP contribution in [0.3, 0.4) is 0 Å². The molecule has 0 saturated carbocycles. The molecule has 0 radical (unpaired) electrons. The van der Waals surface area contributed by atoms with Gasteiger partial charge in [0.15, 0.2) is 12.1 Å². The third-order valence-corrected chi connectivity index (χ3v) is 10.7. The van der Waals surface area contributed by atoms with E-state index in [0.717, 1.165) is 16.5 Å². The summed E-state index contributed by atoms with van der Waals surface area (Å²) < 4.78 is 31.7. The van der Waals surface area contributed by atoms with Crippen molar-refractivity contribution in [3.63, 3.8) is 0 Å². The second kappa shape index (κ2) is 17.2. The first kappa shape index (κ1) is 41.4. The Morgan fingerprint density at radius 3 is 2.48 bits per heavy atom. The number of ketones is 1. The number of hydrogen-bond acceptors (Lipinski definition) is 10. The van der Waals surface area contributed by atoms with Gasteiger partial charge in [0.2, 0.25) is 0 Å². The van der Waals surface area contributed by atoms with Crippen molar-refractivity contribution in [3.8, 4) is 0 Å². The van der Waals surface area contributed by atoms with Crippen molar-refractivity contribution in [2.75, 3.05) is 27.8 Å². The van der Waals surface area contributed by atoms with Gasteiger partial charge in [0.25, 0.3) is 0 Å². The molecule has 3 heterocycles. The molecule has 0 aliphatic carbocycles. The highest BCUT2D eigenvalue weighted by atomic mass is 16.7. The summed E-state index contributed by atoms with van der Waals surface area (Å²) in [5.74, 6) is -1.79. The molecule has 1 aromatic heterocycles. The molecule has 3 N–H and O–H groups in total. The lowest BCUT2D eigenvalue weighted by Gasteiger charge is -2.47. The number of cyclic esters (lactones) is 1. The molecular weight excluding hydrogens is 664 g/mol. The molecule has 0 spiro atoms. The van der Waals surface area contributed by atoms with Crippen LogP contribution >= 0.6 is 0 Å². The van der Waals surface area contributed by atoms with Crippen molar-refractivity contribution in [1.82, 2.24) is 9.88 Å². The van der Waals surface area contributed by atoms with E-state index in [1.54, 1.807) is 21.0 Å². The van der Waals surface area contributed by atoms with Crippen molar-refractivity contribution >= 4 is 28.7 Å². The highest BCUT2D eigenvalue weighted by Crippen LogP contribution is 2.39. The molecule has 288 valence electrons. The summed E-state index contributed by atoms with van der Waals surface area (Å²) in [6, 6.07) is 7.85. The summed E-state index contributed by atoms with van der Waals surface area (Å²) >= 11 is 0. The van der Waals surface area contributed by atoms with Crippen molar-refractivity contribution in [1.29, 1.82) is 0 Å². The fourth-order valence-electron chi connectivity index (χ4n) is 7.75. The number of ether oxygens (including phenoxy) is 5. The third-order valence-electron chi connectivity index (χ3n) is 10.7. The van der Waals surface area contributed by atoms with E-state index in [4.69, 9.17) is 23.7 Å². The molecule has 52 heavy (non-hydrogen) atoms. The van der Waals surface area contributed by atoms with E-state index in [2.05, 4.69) is 11.1 Å². The molecule has 1 saturated heterocycles. The maximum atomic E-state index is 14.0. The van der Waals surface area contributed by atoms with Crippen molar-refractivity contribution < 1.29 is 43.5 Å². The van der Waals surface area contributed by atoms with Gasteiger partial charge in [0.1, 0.15) is 30.2 Å². The number of esters is 1. The zero-order valence-corrected chi connectivity index (χ0v) is 32.8. The summed E-state index contributed by atoms with van der Waals surface area (Å²) in [4.78, 5) is 32.9. The highest BCUT2D eigenvalue weighted by molar-refractivity contribution is 5.96. The number of hydrogen-bond donors (Lipinski definition) is 3. The smallest absolute Gasteiger partial charge is 0.337 e. The maximum Gasteiger partial charge on any atom is 0.337 e. The van der Waals surface area contributed by atoms with Gasteiger partial charge in [0.05, 0.1) is 23.4 Å². The number of rotatable bonds is 9. The SMILES string of the molecule is CC[C@H]1OC(=O)/C(C)=C(/OC/C=C/c2ccc3[nH]ccc3c2)[C@H](C)[C@@H](O[C@@H]2O[C@H](C)C[C@H](N(C)C)[C@H]2O)[C@](C)(OC)C[C@@H](C)C(=O)/C(C)=C/[C@]1(C)O. The molecule has 0 amide bonds. The number of carbonyl (C=O) groups is 2. The van der Waals surface area contributed by atoms with Gasteiger partial charge in [-0.05, 0) is 115 Å². The van der Waals surface area contributed by atoms with E-state index in [9.17, 15) is 19.8 Å². The second-order valence-electron chi connectivity index (χ2n) is 15.3. The van der Waals surface area contributed by atoms with Crippen LogP contribution in [0.5, 0.6) is 0 Å². The number of aliphatic hydroxyl groups is 2. The summed E-state index contributed by atoms with van der Waals surface area (Å²) in [5.41, 5.74) is -0.197. The quantitative estimate of drug-likeness (QED) is 0.266. The fourth-order valence-corrected chi connectivity index (χ4v) is 7.75. The van der Waals surface area contributed by atoms with Gasteiger partial charge in [-0.2, -0.15) is 0 Å². The lowest BCUT2D eigenvalue weighted by atomic mass is 9.78. The van der Waals surface area contributed by atoms with Gasteiger partial charge in [-0.1, -0.05) is 32.9 Å². The summed E-state index contributed by atoms with van der Waals surface area (Å²) in [5, 5.41) is 24.1. The van der Waals surface area contributed by atoms with Crippen LogP contribution in [0, 0.1) is 11.8 Å². The Bertz CT molecular complexity index is 1640. The van der Waals surface area contributed by atoms with Crippen LogP contribution in [0.2, 0.25) is 0 Å². The van der Waals surface area contributed by atoms with Crippen LogP contribution in [0.15, 0.2) is 59.5 Å². The molecule has 11 nitrogen and oxygen atoms in total. The van der Waals surface area contributed by atoms with Crippen molar-refractivity contribution in [2.45, 2.75) is 123 Å². The molecule has 11 heteroatoms. The Labute approximate surface area is 309 Å². The van der Waals surface area contributed by atoms with Crippen LogP contribution in [0.25, 0.3) is 17.0 Å². The van der Waals surface area contributed by atoms with Crippen LogP contribution in [-0.2, 0) is 33.3 Å². The average molecular weight is 725 g/mol. The molecule has 1 aromatic carbocycles. The number of carbonyl (C=O) groups excluding carboxylic acids is 2. The molecule has 0 unspecified atom stereocenters. The van der Waals surface area contributed by atoms with E-state index in [1.807, 2.05) is 90.2 Å². The molecular formula is C41H60N2O9. The largest absolute Gasteiger partial charge is 0.493 e. The molecule has 0 bridgehead atoms. The number of H-pyrrole nitrogens is 1. The number of nitrogens with zero attached hydrogens (tertiary/aromatic N) is 1. The normalized spacial score (nSPS) is 36.8. The Morgan fingerprint density at radius 2 is 1.83 bits per heavy atom. The topological polar surface area (TPSA) is 140 Å². The lowest BCUT2D eigenvalue weighted by molar-refractivity contribution is -0.296. The Balaban J connectivity index is 1.81. The zero-order valence-electron chi connectivity index (χ0n) is 32.8. The van der Waals surface area contributed by atoms with E-state index in [0.29, 0.717) is 24.2 Å². The number of aliphatic hydroxyl groups excluding tert-OH is 1. The summed E-state index contributed by atoms with van der Waals surface area (Å²) in [6.07, 6.45) is 4.24. The van der Waals surface area contributed by atoms with E-state index in [-0.39, 0.29) is 36.5 Å².